The van der Waals surface area contributed by atoms with Crippen LogP contribution in [0.4, 0.5) is 0 Å². The first-order chi connectivity index (χ1) is 7.47. The van der Waals surface area contributed by atoms with Gasteiger partial charge in [-0.3, -0.25) is 0 Å². The van der Waals surface area contributed by atoms with Crippen molar-refractivity contribution in [3.05, 3.63) is 23.8 Å². The predicted molar refractivity (Wildman–Crippen MR) is 68.8 cm³/mol. The molecule has 2 nitrogen and oxygen atoms in total. The van der Waals surface area contributed by atoms with E-state index in [9.17, 15) is 0 Å². The van der Waals surface area contributed by atoms with Crippen molar-refractivity contribution in [1.29, 1.82) is 0 Å². The molecule has 16 heavy (non-hydrogen) atoms. The van der Waals surface area contributed by atoms with Crippen molar-refractivity contribution < 1.29 is 9.47 Å². The summed E-state index contributed by atoms with van der Waals surface area (Å²) < 4.78 is 11.4. The number of hydrogen-bond donors (Lipinski definition) is 0. The van der Waals surface area contributed by atoms with Gasteiger partial charge < -0.3 is 9.47 Å². The van der Waals surface area contributed by atoms with Crippen molar-refractivity contribution in [2.75, 3.05) is 7.11 Å². The Hall–Kier alpha value is -0.700. The fourth-order valence-electron chi connectivity index (χ4n) is 2.24. The third kappa shape index (κ3) is 1.71. The Morgan fingerprint density at radius 3 is 2.69 bits per heavy atom. The standard InChI is InChI=1S/C13H17BrO2/c1-8-9-6-5-7-10(15-4)11(9)16-13(2,3)12(8)14/h5-8,12H,1-4H3. The fraction of sp³-hybridized carbons (Fsp3) is 0.538. The molecule has 1 aromatic rings. The van der Waals surface area contributed by atoms with Crippen LogP contribution in [0.3, 0.4) is 0 Å². The second-order valence-corrected chi connectivity index (χ2v) is 5.76. The first kappa shape index (κ1) is 11.8. The highest BCUT2D eigenvalue weighted by atomic mass is 79.9. The monoisotopic (exact) mass is 284 g/mol. The molecular formula is C13H17BrO2. The van der Waals surface area contributed by atoms with Crippen LogP contribution in [0.2, 0.25) is 0 Å². The molecule has 1 aliphatic rings. The minimum Gasteiger partial charge on any atom is -0.493 e. The number of ether oxygens (including phenoxy) is 2. The number of fused-ring (bicyclic) bond motifs is 1. The molecule has 1 aliphatic heterocycles. The molecule has 0 aromatic heterocycles. The van der Waals surface area contributed by atoms with Gasteiger partial charge in [0.05, 0.1) is 11.9 Å². The van der Waals surface area contributed by atoms with Gasteiger partial charge in [0.1, 0.15) is 5.60 Å². The van der Waals surface area contributed by atoms with Gasteiger partial charge in [-0.25, -0.2) is 0 Å². The van der Waals surface area contributed by atoms with Gasteiger partial charge >= 0.3 is 0 Å². The van der Waals surface area contributed by atoms with Gasteiger partial charge in [-0.2, -0.15) is 0 Å². The highest BCUT2D eigenvalue weighted by Crippen LogP contribution is 2.48. The van der Waals surface area contributed by atoms with Crippen molar-refractivity contribution in [2.24, 2.45) is 0 Å². The van der Waals surface area contributed by atoms with E-state index < -0.39 is 0 Å². The van der Waals surface area contributed by atoms with Crippen LogP contribution >= 0.6 is 15.9 Å². The van der Waals surface area contributed by atoms with E-state index >= 15 is 0 Å². The molecule has 0 N–H and O–H groups in total. The molecule has 0 fully saturated rings. The number of alkyl halides is 1. The smallest absolute Gasteiger partial charge is 0.165 e. The first-order valence-electron chi connectivity index (χ1n) is 5.47. The van der Waals surface area contributed by atoms with Crippen LogP contribution in [0.25, 0.3) is 0 Å². The van der Waals surface area contributed by atoms with Crippen LogP contribution in [0.1, 0.15) is 32.3 Å². The minimum absolute atomic E-state index is 0.221. The Balaban J connectivity index is 2.54. The largest absolute Gasteiger partial charge is 0.493 e. The van der Waals surface area contributed by atoms with Crippen LogP contribution in [-0.4, -0.2) is 17.5 Å². The van der Waals surface area contributed by atoms with E-state index in [0.29, 0.717) is 10.7 Å². The summed E-state index contributed by atoms with van der Waals surface area (Å²) in [5.74, 6) is 2.11. The number of methoxy groups -OCH3 is 1. The van der Waals surface area contributed by atoms with Crippen molar-refractivity contribution in [2.45, 2.75) is 37.1 Å². The SMILES string of the molecule is COc1cccc2c1OC(C)(C)C(Br)C2C. The molecule has 0 spiro atoms. The molecular weight excluding hydrogens is 268 g/mol. The lowest BCUT2D eigenvalue weighted by Crippen LogP contribution is -2.44. The van der Waals surface area contributed by atoms with Crippen molar-refractivity contribution >= 4 is 15.9 Å². The van der Waals surface area contributed by atoms with E-state index in [0.717, 1.165) is 11.5 Å². The van der Waals surface area contributed by atoms with E-state index in [1.54, 1.807) is 7.11 Å². The maximum Gasteiger partial charge on any atom is 0.165 e. The van der Waals surface area contributed by atoms with Crippen LogP contribution < -0.4 is 9.47 Å². The third-order valence-electron chi connectivity index (χ3n) is 3.19. The van der Waals surface area contributed by atoms with E-state index in [1.807, 2.05) is 12.1 Å². The van der Waals surface area contributed by atoms with Crippen molar-refractivity contribution in [3.8, 4) is 11.5 Å². The number of para-hydroxylation sites is 1. The van der Waals surface area contributed by atoms with Crippen molar-refractivity contribution in [1.82, 2.24) is 0 Å². The van der Waals surface area contributed by atoms with E-state index in [-0.39, 0.29) is 5.60 Å². The summed E-state index contributed by atoms with van der Waals surface area (Å²) in [5, 5.41) is 0. The van der Waals surface area contributed by atoms with Crippen molar-refractivity contribution in [3.63, 3.8) is 0 Å². The lowest BCUT2D eigenvalue weighted by Gasteiger charge is -2.41. The number of halogens is 1. The molecule has 2 atom stereocenters. The van der Waals surface area contributed by atoms with Gasteiger partial charge in [0, 0.05) is 11.5 Å². The normalized spacial score (nSPS) is 26.8. The maximum absolute atomic E-state index is 6.05. The summed E-state index contributed by atoms with van der Waals surface area (Å²) in [7, 11) is 1.68. The molecule has 0 saturated carbocycles. The topological polar surface area (TPSA) is 18.5 Å². The van der Waals surface area contributed by atoms with Crippen LogP contribution in [0, 0.1) is 0 Å². The number of rotatable bonds is 1. The molecule has 0 bridgehead atoms. The second-order valence-electron chi connectivity index (χ2n) is 4.77. The highest BCUT2D eigenvalue weighted by molar-refractivity contribution is 9.09. The number of benzene rings is 1. The zero-order valence-electron chi connectivity index (χ0n) is 10.1. The molecule has 3 heteroatoms. The summed E-state index contributed by atoms with van der Waals surface area (Å²) >= 11 is 3.73. The zero-order chi connectivity index (χ0) is 11.9. The van der Waals surface area contributed by atoms with Gasteiger partial charge in [-0.15, -0.1) is 0 Å². The Bertz CT molecular complexity index is 401. The van der Waals surface area contributed by atoms with Gasteiger partial charge in [-0.1, -0.05) is 35.0 Å². The lowest BCUT2D eigenvalue weighted by atomic mass is 9.85. The first-order valence-corrected chi connectivity index (χ1v) is 6.39. The molecule has 2 unspecified atom stereocenters. The second kappa shape index (κ2) is 3.95. The fourth-order valence-corrected chi connectivity index (χ4v) is 2.62. The Morgan fingerprint density at radius 2 is 2.06 bits per heavy atom. The molecule has 0 saturated heterocycles. The maximum atomic E-state index is 6.05. The number of hydrogen-bond acceptors (Lipinski definition) is 2. The van der Waals surface area contributed by atoms with Gasteiger partial charge in [-0.05, 0) is 19.9 Å². The molecule has 1 heterocycles. The quantitative estimate of drug-likeness (QED) is 0.732. The van der Waals surface area contributed by atoms with Crippen LogP contribution in [0.15, 0.2) is 18.2 Å². The van der Waals surface area contributed by atoms with E-state index in [4.69, 9.17) is 9.47 Å². The van der Waals surface area contributed by atoms with Gasteiger partial charge in [0.25, 0.3) is 0 Å². The summed E-state index contributed by atoms with van der Waals surface area (Å²) in [6.07, 6.45) is 0. The molecule has 2 rings (SSSR count). The summed E-state index contributed by atoms with van der Waals surface area (Å²) in [6.45, 7) is 6.40. The molecule has 1 aromatic carbocycles. The van der Waals surface area contributed by atoms with Gasteiger partial charge in [0.15, 0.2) is 11.5 Å². The molecule has 0 aliphatic carbocycles. The Kier molecular flexibility index (Phi) is 2.91. The average Bonchev–Trinajstić information content (AvgIpc) is 2.25. The minimum atomic E-state index is -0.221. The lowest BCUT2D eigenvalue weighted by molar-refractivity contribution is 0.0799. The zero-order valence-corrected chi connectivity index (χ0v) is 11.7. The van der Waals surface area contributed by atoms with Gasteiger partial charge in [0.2, 0.25) is 0 Å². The Labute approximate surface area is 105 Å². The average molecular weight is 285 g/mol. The molecule has 0 amide bonds. The highest BCUT2D eigenvalue weighted by Gasteiger charge is 2.41. The third-order valence-corrected chi connectivity index (χ3v) is 5.08. The predicted octanol–water partition coefficient (Wildman–Crippen LogP) is 3.73. The summed E-state index contributed by atoms with van der Waals surface area (Å²) in [5.41, 5.74) is 0.988. The molecule has 88 valence electrons. The van der Waals surface area contributed by atoms with E-state index in [1.165, 1.54) is 5.56 Å². The van der Waals surface area contributed by atoms with E-state index in [2.05, 4.69) is 42.8 Å². The Morgan fingerprint density at radius 1 is 1.38 bits per heavy atom. The summed E-state index contributed by atoms with van der Waals surface area (Å²) in [6, 6.07) is 6.05. The van der Waals surface area contributed by atoms with Crippen LogP contribution in [-0.2, 0) is 0 Å². The van der Waals surface area contributed by atoms with Crippen LogP contribution in [0.5, 0.6) is 11.5 Å². The molecule has 0 radical (unpaired) electrons. The summed E-state index contributed by atoms with van der Waals surface area (Å²) in [4.78, 5) is 0.305.